The molecular weight excluding hydrogens is 548 g/mol. The Morgan fingerprint density at radius 3 is 2.68 bits per heavy atom. The lowest BCUT2D eigenvalue weighted by Gasteiger charge is -2.24. The summed E-state index contributed by atoms with van der Waals surface area (Å²) in [6.07, 6.45) is 3.70. The van der Waals surface area contributed by atoms with Crippen LogP contribution >= 0.6 is 0 Å². The maximum atomic E-state index is 12.3. The molecule has 1 aromatic carbocycles. The molecule has 0 spiro atoms. The maximum absolute atomic E-state index is 12.3. The predicted molar refractivity (Wildman–Crippen MR) is 155 cm³/mol. The molecule has 4 rings (SSSR count). The Kier molecular flexibility index (Phi) is 9.09. The van der Waals surface area contributed by atoms with E-state index in [4.69, 9.17) is 9.47 Å². The summed E-state index contributed by atoms with van der Waals surface area (Å²) in [6, 6.07) is 9.26. The number of nitriles is 1. The van der Waals surface area contributed by atoms with Gasteiger partial charge in [0.2, 0.25) is 5.88 Å². The van der Waals surface area contributed by atoms with Gasteiger partial charge < -0.3 is 34.9 Å². The first-order valence-electron chi connectivity index (χ1n) is 13.1. The summed E-state index contributed by atoms with van der Waals surface area (Å²) in [5.74, 6) is 0.730. The van der Waals surface area contributed by atoms with Gasteiger partial charge in [-0.3, -0.25) is 0 Å². The van der Waals surface area contributed by atoms with Crippen molar-refractivity contribution in [3.8, 4) is 11.9 Å². The summed E-state index contributed by atoms with van der Waals surface area (Å²) in [7, 11) is 1.89. The minimum Gasteiger partial charge on any atom is -0.616 e. The molecule has 0 aliphatic heterocycles. The number of carbonyl (C=O) groups excluding carboxylic acids is 2. The lowest BCUT2D eigenvalue weighted by atomic mass is 10.1. The smallest absolute Gasteiger partial charge is 0.414 e. The fourth-order valence-electron chi connectivity index (χ4n) is 3.95. The van der Waals surface area contributed by atoms with E-state index in [-0.39, 0.29) is 23.1 Å². The average Bonchev–Trinajstić information content (AvgIpc) is 3.58. The third-order valence-corrected chi connectivity index (χ3v) is 6.61. The standard InChI is InChI=1S/C27H34N8O5S/c1-27(2,3)40-25(36)29-10-11-34(4)21-9-8-20(12-17(21)16-41(5)38)31-22-13-23(39-26(37)32-19-6-7-19)35-24(33-22)18(14-28)15-30-35/h8-9,12-13,15,19H,6-7,10-11,16H2,1-5H3,(H,29,36)(H,31,33)(H,32,37). The zero-order valence-corrected chi connectivity index (χ0v) is 24.5. The van der Waals surface area contributed by atoms with Crippen LogP contribution in [-0.2, 0) is 21.7 Å². The van der Waals surface area contributed by atoms with E-state index in [2.05, 4.69) is 26.0 Å². The van der Waals surface area contributed by atoms with E-state index in [1.165, 1.54) is 16.8 Å². The van der Waals surface area contributed by atoms with Crippen LogP contribution in [0.2, 0.25) is 0 Å². The minimum absolute atomic E-state index is 0.0980. The number of amides is 2. The first-order chi connectivity index (χ1) is 19.4. The number of likely N-dealkylation sites (N-methyl/N-ethyl adjacent to an activating group) is 1. The van der Waals surface area contributed by atoms with Crippen LogP contribution in [0, 0.1) is 11.3 Å². The first kappa shape index (κ1) is 29.8. The highest BCUT2D eigenvalue weighted by molar-refractivity contribution is 7.89. The fraction of sp³-hybridized carbons (Fsp3) is 0.444. The molecule has 13 nitrogen and oxygen atoms in total. The number of rotatable bonds is 10. The van der Waals surface area contributed by atoms with Crippen molar-refractivity contribution in [1.82, 2.24) is 25.2 Å². The highest BCUT2D eigenvalue weighted by Gasteiger charge is 2.25. The number of benzene rings is 1. The van der Waals surface area contributed by atoms with Crippen molar-refractivity contribution < 1.29 is 23.6 Å². The van der Waals surface area contributed by atoms with E-state index in [0.717, 1.165) is 24.1 Å². The molecule has 1 aliphatic rings. The summed E-state index contributed by atoms with van der Waals surface area (Å²) in [6.45, 7) is 6.26. The molecule has 3 N–H and O–H groups in total. The normalized spacial score (nSPS) is 13.7. The largest absolute Gasteiger partial charge is 0.616 e. The Morgan fingerprint density at radius 2 is 2.02 bits per heavy atom. The lowest BCUT2D eigenvalue weighted by molar-refractivity contribution is 0.0529. The monoisotopic (exact) mass is 582 g/mol. The summed E-state index contributed by atoms with van der Waals surface area (Å²) in [5.41, 5.74) is 2.19. The van der Waals surface area contributed by atoms with Gasteiger partial charge >= 0.3 is 12.2 Å². The number of nitrogens with zero attached hydrogens (tertiary/aromatic N) is 5. The number of nitrogens with one attached hydrogen (secondary N) is 3. The second-order valence-electron chi connectivity index (χ2n) is 10.7. The number of carbonyl (C=O) groups is 2. The van der Waals surface area contributed by atoms with Crippen molar-refractivity contribution in [3.63, 3.8) is 0 Å². The van der Waals surface area contributed by atoms with Crippen LogP contribution in [0.4, 0.5) is 26.8 Å². The van der Waals surface area contributed by atoms with E-state index in [1.807, 2.05) is 36.2 Å². The molecule has 14 heteroatoms. The van der Waals surface area contributed by atoms with Gasteiger partial charge in [-0.05, 0) is 51.8 Å². The lowest BCUT2D eigenvalue weighted by Crippen LogP contribution is -2.37. The van der Waals surface area contributed by atoms with Gasteiger partial charge in [-0.2, -0.15) is 14.9 Å². The fourth-order valence-corrected chi connectivity index (χ4v) is 4.62. The quantitative estimate of drug-likeness (QED) is 0.301. The van der Waals surface area contributed by atoms with Crippen LogP contribution in [-0.4, -0.2) is 69.4 Å². The molecule has 1 saturated carbocycles. The summed E-state index contributed by atoms with van der Waals surface area (Å²) in [5, 5.41) is 22.3. The molecule has 218 valence electrons. The molecule has 1 atom stereocenters. The van der Waals surface area contributed by atoms with Gasteiger partial charge in [0.25, 0.3) is 0 Å². The minimum atomic E-state index is -1.12. The Bertz CT molecular complexity index is 1460. The van der Waals surface area contributed by atoms with Gasteiger partial charge in [-0.15, -0.1) is 0 Å². The van der Waals surface area contributed by atoms with Crippen LogP contribution in [0.3, 0.4) is 0 Å². The molecule has 2 heterocycles. The molecule has 1 unspecified atom stereocenters. The Morgan fingerprint density at radius 1 is 1.27 bits per heavy atom. The molecule has 1 aliphatic carbocycles. The SMILES string of the molecule is CN(CCNC(=O)OC(C)(C)C)c1ccc(Nc2cc(OC(=O)NC3CC3)n3ncc(C#N)c3n2)cc1C[S+](C)[O-]. The van der Waals surface area contributed by atoms with Crippen LogP contribution in [0.25, 0.3) is 5.65 Å². The van der Waals surface area contributed by atoms with Gasteiger partial charge in [0.15, 0.2) is 5.65 Å². The summed E-state index contributed by atoms with van der Waals surface area (Å²) in [4.78, 5) is 30.8. The number of fused-ring (bicyclic) bond motifs is 1. The van der Waals surface area contributed by atoms with Crippen molar-refractivity contribution in [2.75, 3.05) is 36.6 Å². The number of alkyl carbamates (subject to hydrolysis) is 1. The third kappa shape index (κ3) is 8.38. The maximum Gasteiger partial charge on any atom is 0.414 e. The molecule has 1 fully saturated rings. The van der Waals surface area contributed by atoms with Crippen molar-refractivity contribution in [3.05, 3.63) is 41.6 Å². The zero-order chi connectivity index (χ0) is 29.7. The van der Waals surface area contributed by atoms with Crippen LogP contribution in [0.5, 0.6) is 5.88 Å². The van der Waals surface area contributed by atoms with E-state index in [0.29, 0.717) is 30.3 Å². The Balaban J connectivity index is 1.53. The van der Waals surface area contributed by atoms with Gasteiger partial charge in [0.1, 0.15) is 28.8 Å². The predicted octanol–water partition coefficient (Wildman–Crippen LogP) is 3.43. The second kappa shape index (κ2) is 12.5. The van der Waals surface area contributed by atoms with Gasteiger partial charge in [-0.25, -0.2) is 14.6 Å². The van der Waals surface area contributed by atoms with Crippen LogP contribution in [0.1, 0.15) is 44.7 Å². The first-order valence-corrected chi connectivity index (χ1v) is 14.8. The van der Waals surface area contributed by atoms with E-state index < -0.39 is 29.0 Å². The molecule has 41 heavy (non-hydrogen) atoms. The Labute approximate surface area is 241 Å². The summed E-state index contributed by atoms with van der Waals surface area (Å²) >= 11 is -1.12. The molecule has 2 amide bonds. The van der Waals surface area contributed by atoms with E-state index >= 15 is 0 Å². The van der Waals surface area contributed by atoms with Crippen molar-refractivity contribution >= 4 is 46.2 Å². The molecule has 0 radical (unpaired) electrons. The second-order valence-corrected chi connectivity index (χ2v) is 12.2. The number of hydrogen-bond acceptors (Lipinski definition) is 10. The van der Waals surface area contributed by atoms with Crippen LogP contribution < -0.4 is 25.6 Å². The molecular formula is C27H34N8O5S. The van der Waals surface area contributed by atoms with Gasteiger partial charge in [0, 0.05) is 49.2 Å². The molecule has 2 aromatic heterocycles. The number of hydrogen-bond donors (Lipinski definition) is 3. The highest BCUT2D eigenvalue weighted by Crippen LogP contribution is 2.29. The van der Waals surface area contributed by atoms with E-state index in [1.54, 1.807) is 27.0 Å². The average molecular weight is 583 g/mol. The van der Waals surface area contributed by atoms with Crippen molar-refractivity contribution in [1.29, 1.82) is 5.26 Å². The Hall–Kier alpha value is -4.22. The van der Waals surface area contributed by atoms with Gasteiger partial charge in [-0.1, -0.05) is 11.2 Å². The van der Waals surface area contributed by atoms with Crippen molar-refractivity contribution in [2.45, 2.75) is 51.0 Å². The number of ether oxygens (including phenoxy) is 2. The molecule has 0 saturated heterocycles. The third-order valence-electron chi connectivity index (χ3n) is 5.89. The highest BCUT2D eigenvalue weighted by atomic mass is 32.2. The number of anilines is 3. The molecule has 0 bridgehead atoms. The van der Waals surface area contributed by atoms with Gasteiger partial charge in [0.05, 0.1) is 12.5 Å². The summed E-state index contributed by atoms with van der Waals surface area (Å²) < 4.78 is 24.3. The van der Waals surface area contributed by atoms with E-state index in [9.17, 15) is 19.4 Å². The van der Waals surface area contributed by atoms with Crippen LogP contribution in [0.15, 0.2) is 30.5 Å². The topological polar surface area (TPSA) is 169 Å². The van der Waals surface area contributed by atoms with Crippen molar-refractivity contribution in [2.24, 2.45) is 0 Å². The number of aromatic nitrogens is 3. The zero-order valence-electron chi connectivity index (χ0n) is 23.7. The molecule has 3 aromatic rings.